The molecule has 21 heavy (non-hydrogen) atoms. The highest BCUT2D eigenvalue weighted by molar-refractivity contribution is 5.98. The maximum Gasteiger partial charge on any atom is 0.246 e. The van der Waals surface area contributed by atoms with Crippen LogP contribution in [-0.4, -0.2) is 24.7 Å². The summed E-state index contributed by atoms with van der Waals surface area (Å²) in [4.78, 5) is 12.2. The fourth-order valence-electron chi connectivity index (χ4n) is 2.39. The Balaban J connectivity index is 1.72. The molecular weight excluding hydrogens is 264 g/mol. The number of carbonyl (C=O) groups excluding carboxylic acids is 1. The highest BCUT2D eigenvalue weighted by Gasteiger charge is 2.38. The van der Waals surface area contributed by atoms with Crippen LogP contribution in [0.3, 0.4) is 0 Å². The highest BCUT2D eigenvalue weighted by atomic mass is 16.5. The van der Waals surface area contributed by atoms with Gasteiger partial charge in [-0.15, -0.1) is 0 Å². The Morgan fingerprint density at radius 2 is 1.71 bits per heavy atom. The van der Waals surface area contributed by atoms with E-state index in [0.29, 0.717) is 13.0 Å². The molecule has 2 aromatic rings. The largest absolute Gasteiger partial charge is 0.379 e. The van der Waals surface area contributed by atoms with Crippen molar-refractivity contribution in [2.75, 3.05) is 18.5 Å². The van der Waals surface area contributed by atoms with E-state index < -0.39 is 5.54 Å². The summed E-state index contributed by atoms with van der Waals surface area (Å²) in [5.74, 6) is -0.188. The zero-order valence-corrected chi connectivity index (χ0v) is 11.7. The van der Waals surface area contributed by atoms with E-state index in [2.05, 4.69) is 17.4 Å². The molecular formula is C17H18N2O2. The molecule has 1 aliphatic rings. The van der Waals surface area contributed by atoms with Gasteiger partial charge in [0.05, 0.1) is 6.61 Å². The Labute approximate surface area is 123 Å². The Hall–Kier alpha value is -2.17. The minimum atomic E-state index is -0.905. The van der Waals surface area contributed by atoms with E-state index in [0.717, 1.165) is 16.8 Å². The van der Waals surface area contributed by atoms with Crippen molar-refractivity contribution >= 4 is 11.6 Å². The minimum absolute atomic E-state index is 0.188. The first-order valence-corrected chi connectivity index (χ1v) is 7.01. The number of benzene rings is 2. The first kappa shape index (κ1) is 13.8. The van der Waals surface area contributed by atoms with Gasteiger partial charge in [0, 0.05) is 12.3 Å². The summed E-state index contributed by atoms with van der Waals surface area (Å²) < 4.78 is 5.21. The van der Waals surface area contributed by atoms with E-state index in [1.807, 2.05) is 42.5 Å². The number of nitrogens with two attached hydrogens (primary N) is 1. The zero-order valence-electron chi connectivity index (χ0n) is 11.7. The first-order valence-electron chi connectivity index (χ1n) is 7.01. The lowest BCUT2D eigenvalue weighted by atomic mass is 9.99. The monoisotopic (exact) mass is 282 g/mol. The molecule has 1 saturated heterocycles. The maximum atomic E-state index is 12.2. The summed E-state index contributed by atoms with van der Waals surface area (Å²) in [6, 6.07) is 17.9. The number of amides is 1. The third-order valence-electron chi connectivity index (χ3n) is 3.75. The van der Waals surface area contributed by atoms with Crippen molar-refractivity contribution in [3.05, 3.63) is 54.6 Å². The third kappa shape index (κ3) is 2.96. The molecule has 3 N–H and O–H groups in total. The van der Waals surface area contributed by atoms with Crippen molar-refractivity contribution in [1.82, 2.24) is 0 Å². The molecule has 1 unspecified atom stereocenters. The zero-order chi connectivity index (χ0) is 14.7. The summed E-state index contributed by atoms with van der Waals surface area (Å²) in [7, 11) is 0. The lowest BCUT2D eigenvalue weighted by Gasteiger charge is -2.20. The van der Waals surface area contributed by atoms with Gasteiger partial charge in [-0.05, 0) is 29.7 Å². The van der Waals surface area contributed by atoms with Crippen LogP contribution in [0.25, 0.3) is 11.1 Å². The topological polar surface area (TPSA) is 64.4 Å². The van der Waals surface area contributed by atoms with Gasteiger partial charge in [-0.25, -0.2) is 0 Å². The maximum absolute atomic E-state index is 12.2. The number of ether oxygens (including phenoxy) is 1. The van der Waals surface area contributed by atoms with E-state index in [1.54, 1.807) is 0 Å². The molecule has 1 aliphatic heterocycles. The first-order chi connectivity index (χ1) is 10.2. The van der Waals surface area contributed by atoms with Gasteiger partial charge in [0.25, 0.3) is 0 Å². The van der Waals surface area contributed by atoms with E-state index >= 15 is 0 Å². The molecule has 0 aromatic heterocycles. The summed E-state index contributed by atoms with van der Waals surface area (Å²) in [5.41, 5.74) is 8.14. The minimum Gasteiger partial charge on any atom is -0.379 e. The SMILES string of the molecule is NC1(C(=O)Nc2ccc(-c3ccccc3)cc2)CCOC1. The summed E-state index contributed by atoms with van der Waals surface area (Å²) in [6.07, 6.45) is 0.556. The van der Waals surface area contributed by atoms with Crippen LogP contribution in [-0.2, 0) is 9.53 Å². The van der Waals surface area contributed by atoms with Crippen LogP contribution in [0, 0.1) is 0 Å². The smallest absolute Gasteiger partial charge is 0.246 e. The number of carbonyl (C=O) groups is 1. The standard InChI is InChI=1S/C17H18N2O2/c18-17(10-11-21-12-17)16(20)19-15-8-6-14(7-9-15)13-4-2-1-3-5-13/h1-9H,10-12,18H2,(H,19,20). The molecule has 0 radical (unpaired) electrons. The van der Waals surface area contributed by atoms with Crippen molar-refractivity contribution in [2.45, 2.75) is 12.0 Å². The molecule has 1 fully saturated rings. The van der Waals surface area contributed by atoms with Crippen molar-refractivity contribution in [1.29, 1.82) is 0 Å². The van der Waals surface area contributed by atoms with Crippen molar-refractivity contribution in [3.8, 4) is 11.1 Å². The second-order valence-corrected chi connectivity index (χ2v) is 5.36. The molecule has 4 nitrogen and oxygen atoms in total. The van der Waals surface area contributed by atoms with Gasteiger partial charge in [-0.3, -0.25) is 4.79 Å². The predicted molar refractivity (Wildman–Crippen MR) is 82.9 cm³/mol. The second kappa shape index (κ2) is 5.68. The van der Waals surface area contributed by atoms with E-state index in [4.69, 9.17) is 10.5 Å². The second-order valence-electron chi connectivity index (χ2n) is 5.36. The number of hydrogen-bond donors (Lipinski definition) is 2. The molecule has 1 amide bonds. The van der Waals surface area contributed by atoms with Crippen LogP contribution in [0.15, 0.2) is 54.6 Å². The van der Waals surface area contributed by atoms with E-state index in [-0.39, 0.29) is 12.5 Å². The van der Waals surface area contributed by atoms with Crippen LogP contribution in [0.1, 0.15) is 6.42 Å². The van der Waals surface area contributed by atoms with Gasteiger partial charge in [0.2, 0.25) is 5.91 Å². The van der Waals surface area contributed by atoms with Crippen LogP contribution in [0.5, 0.6) is 0 Å². The van der Waals surface area contributed by atoms with Crippen LogP contribution >= 0.6 is 0 Å². The number of anilines is 1. The predicted octanol–water partition coefficient (Wildman–Crippen LogP) is 2.41. The summed E-state index contributed by atoms with van der Waals surface area (Å²) in [6.45, 7) is 0.817. The normalized spacial score (nSPS) is 21.2. The van der Waals surface area contributed by atoms with Gasteiger partial charge < -0.3 is 15.8 Å². The molecule has 0 spiro atoms. The molecule has 0 saturated carbocycles. The average molecular weight is 282 g/mol. The van der Waals surface area contributed by atoms with Gasteiger partial charge >= 0.3 is 0 Å². The lowest BCUT2D eigenvalue weighted by Crippen LogP contribution is -2.51. The van der Waals surface area contributed by atoms with Crippen LogP contribution in [0.4, 0.5) is 5.69 Å². The van der Waals surface area contributed by atoms with Crippen molar-refractivity contribution in [2.24, 2.45) is 5.73 Å². The van der Waals surface area contributed by atoms with Gasteiger partial charge in [-0.2, -0.15) is 0 Å². The average Bonchev–Trinajstić information content (AvgIpc) is 2.97. The van der Waals surface area contributed by atoms with Gasteiger partial charge in [-0.1, -0.05) is 42.5 Å². The highest BCUT2D eigenvalue weighted by Crippen LogP contribution is 2.22. The molecule has 108 valence electrons. The van der Waals surface area contributed by atoms with Crippen LogP contribution in [0.2, 0.25) is 0 Å². The number of rotatable bonds is 3. The number of hydrogen-bond acceptors (Lipinski definition) is 3. The third-order valence-corrected chi connectivity index (χ3v) is 3.75. The lowest BCUT2D eigenvalue weighted by molar-refractivity contribution is -0.121. The van der Waals surface area contributed by atoms with Gasteiger partial charge in [0.15, 0.2) is 0 Å². The Bertz CT molecular complexity index is 617. The van der Waals surface area contributed by atoms with Crippen LogP contribution < -0.4 is 11.1 Å². The Kier molecular flexibility index (Phi) is 3.73. The summed E-state index contributed by atoms with van der Waals surface area (Å²) >= 11 is 0. The van der Waals surface area contributed by atoms with Gasteiger partial charge in [0.1, 0.15) is 5.54 Å². The Morgan fingerprint density at radius 1 is 1.05 bits per heavy atom. The number of nitrogens with one attached hydrogen (secondary N) is 1. The van der Waals surface area contributed by atoms with E-state index in [9.17, 15) is 4.79 Å². The quantitative estimate of drug-likeness (QED) is 0.908. The van der Waals surface area contributed by atoms with E-state index in [1.165, 1.54) is 0 Å². The molecule has 0 bridgehead atoms. The molecule has 1 atom stereocenters. The fourth-order valence-corrected chi connectivity index (χ4v) is 2.39. The summed E-state index contributed by atoms with van der Waals surface area (Å²) in [5, 5.41) is 2.86. The molecule has 3 rings (SSSR count). The van der Waals surface area contributed by atoms with Crippen molar-refractivity contribution in [3.63, 3.8) is 0 Å². The molecule has 2 aromatic carbocycles. The fraction of sp³-hybridized carbons (Fsp3) is 0.235. The molecule has 1 heterocycles. The van der Waals surface area contributed by atoms with Crippen molar-refractivity contribution < 1.29 is 9.53 Å². The molecule has 4 heteroatoms. The molecule has 0 aliphatic carbocycles. The Morgan fingerprint density at radius 3 is 2.33 bits per heavy atom.